The number of para-hydroxylation sites is 2. The average Bonchev–Trinajstić information content (AvgIpc) is 2.52. The van der Waals surface area contributed by atoms with Crippen molar-refractivity contribution in [2.24, 2.45) is 0 Å². The van der Waals surface area contributed by atoms with Crippen LogP contribution in [0.25, 0.3) is 11.0 Å². The molecule has 0 radical (unpaired) electrons. The highest BCUT2D eigenvalue weighted by molar-refractivity contribution is 5.73. The number of aromatic nitrogens is 2. The summed E-state index contributed by atoms with van der Waals surface area (Å²) in [5.41, 5.74) is 1.70. The molecule has 1 aliphatic rings. The molecule has 1 aromatic heterocycles. The van der Waals surface area contributed by atoms with Crippen molar-refractivity contribution in [2.45, 2.75) is 25.6 Å². The summed E-state index contributed by atoms with van der Waals surface area (Å²) in [6, 6.07) is 7.72. The Morgan fingerprint density at radius 2 is 2.05 bits per heavy atom. The van der Waals surface area contributed by atoms with Crippen molar-refractivity contribution in [3.8, 4) is 5.88 Å². The highest BCUT2D eigenvalue weighted by Gasteiger charge is 2.13. The molecule has 0 bridgehead atoms. The average molecular weight is 274 g/mol. The summed E-state index contributed by atoms with van der Waals surface area (Å²) in [7, 11) is 0. The maximum Gasteiger partial charge on any atom is 0.232 e. The molecule has 2 heterocycles. The molecule has 0 aliphatic carbocycles. The van der Waals surface area contributed by atoms with E-state index in [4.69, 9.17) is 14.2 Å². The maximum atomic E-state index is 5.60. The minimum absolute atomic E-state index is 0.0740. The number of fused-ring (bicyclic) bond motifs is 1. The van der Waals surface area contributed by atoms with Crippen molar-refractivity contribution in [1.82, 2.24) is 9.97 Å². The van der Waals surface area contributed by atoms with Crippen LogP contribution < -0.4 is 4.74 Å². The minimum atomic E-state index is -0.0740. The van der Waals surface area contributed by atoms with E-state index in [9.17, 15) is 0 Å². The number of ether oxygens (including phenoxy) is 3. The monoisotopic (exact) mass is 274 g/mol. The summed E-state index contributed by atoms with van der Waals surface area (Å²) < 4.78 is 16.6. The molecule has 20 heavy (non-hydrogen) atoms. The summed E-state index contributed by atoms with van der Waals surface area (Å²) >= 11 is 0. The van der Waals surface area contributed by atoms with Crippen LogP contribution in [0, 0.1) is 0 Å². The molecule has 1 aromatic carbocycles. The molecular formula is C15H18N2O3. The summed E-state index contributed by atoms with van der Waals surface area (Å²) in [6.07, 6.45) is 4.83. The zero-order valence-electron chi connectivity index (χ0n) is 11.3. The molecule has 106 valence electrons. The second-order valence-electron chi connectivity index (χ2n) is 4.71. The number of nitrogens with zero attached hydrogens (tertiary/aromatic N) is 2. The lowest BCUT2D eigenvalue weighted by Gasteiger charge is -2.22. The summed E-state index contributed by atoms with van der Waals surface area (Å²) in [5.74, 6) is 0.525. The SMILES string of the molecule is c1ccc2nc(OCCOC3CCCCO3)cnc2c1. The van der Waals surface area contributed by atoms with Crippen LogP contribution in [0.4, 0.5) is 0 Å². The van der Waals surface area contributed by atoms with E-state index < -0.39 is 0 Å². The topological polar surface area (TPSA) is 53.5 Å². The van der Waals surface area contributed by atoms with E-state index in [0.29, 0.717) is 19.1 Å². The quantitative estimate of drug-likeness (QED) is 0.784. The molecule has 0 spiro atoms. The van der Waals surface area contributed by atoms with Gasteiger partial charge in [-0.25, -0.2) is 9.97 Å². The normalized spacial score (nSPS) is 19.1. The second-order valence-corrected chi connectivity index (χ2v) is 4.71. The maximum absolute atomic E-state index is 5.60. The molecule has 3 rings (SSSR count). The Morgan fingerprint density at radius 3 is 2.90 bits per heavy atom. The lowest BCUT2D eigenvalue weighted by Crippen LogP contribution is -2.24. The Morgan fingerprint density at radius 1 is 1.15 bits per heavy atom. The molecule has 0 amide bonds. The van der Waals surface area contributed by atoms with Gasteiger partial charge in [0.25, 0.3) is 0 Å². The zero-order valence-corrected chi connectivity index (χ0v) is 11.3. The van der Waals surface area contributed by atoms with E-state index in [2.05, 4.69) is 9.97 Å². The van der Waals surface area contributed by atoms with Crippen molar-refractivity contribution in [1.29, 1.82) is 0 Å². The number of rotatable bonds is 5. The molecule has 5 nitrogen and oxygen atoms in total. The second kappa shape index (κ2) is 6.63. The van der Waals surface area contributed by atoms with Crippen LogP contribution in [-0.2, 0) is 9.47 Å². The third kappa shape index (κ3) is 3.43. The minimum Gasteiger partial charge on any atom is -0.474 e. The van der Waals surface area contributed by atoms with Crippen LogP contribution in [-0.4, -0.2) is 36.1 Å². The van der Waals surface area contributed by atoms with Gasteiger partial charge in [0.2, 0.25) is 5.88 Å². The smallest absolute Gasteiger partial charge is 0.232 e. The van der Waals surface area contributed by atoms with Gasteiger partial charge in [-0.2, -0.15) is 0 Å². The van der Waals surface area contributed by atoms with Crippen LogP contribution in [0.1, 0.15) is 19.3 Å². The van der Waals surface area contributed by atoms with E-state index in [1.54, 1.807) is 6.20 Å². The van der Waals surface area contributed by atoms with Crippen LogP contribution in [0.2, 0.25) is 0 Å². The molecule has 1 saturated heterocycles. The third-order valence-corrected chi connectivity index (χ3v) is 3.20. The van der Waals surface area contributed by atoms with E-state index in [1.807, 2.05) is 24.3 Å². The third-order valence-electron chi connectivity index (χ3n) is 3.20. The van der Waals surface area contributed by atoms with E-state index >= 15 is 0 Å². The largest absolute Gasteiger partial charge is 0.474 e. The number of hydrogen-bond acceptors (Lipinski definition) is 5. The molecule has 1 unspecified atom stereocenters. The molecule has 0 saturated carbocycles. The molecule has 1 fully saturated rings. The van der Waals surface area contributed by atoms with Gasteiger partial charge >= 0.3 is 0 Å². The first kappa shape index (κ1) is 13.3. The van der Waals surface area contributed by atoms with Crippen molar-refractivity contribution in [3.63, 3.8) is 0 Å². The Hall–Kier alpha value is -1.72. The van der Waals surface area contributed by atoms with Gasteiger partial charge in [0.15, 0.2) is 6.29 Å². The Bertz CT molecular complexity index is 556. The lowest BCUT2D eigenvalue weighted by atomic mass is 10.2. The van der Waals surface area contributed by atoms with Crippen LogP contribution in [0.5, 0.6) is 5.88 Å². The van der Waals surface area contributed by atoms with Crippen LogP contribution in [0.15, 0.2) is 30.5 Å². The first-order valence-electron chi connectivity index (χ1n) is 6.99. The van der Waals surface area contributed by atoms with Crippen molar-refractivity contribution in [2.75, 3.05) is 19.8 Å². The van der Waals surface area contributed by atoms with Crippen molar-refractivity contribution >= 4 is 11.0 Å². The van der Waals surface area contributed by atoms with Crippen LogP contribution in [0.3, 0.4) is 0 Å². The van der Waals surface area contributed by atoms with Gasteiger partial charge in [-0.15, -0.1) is 0 Å². The Kier molecular flexibility index (Phi) is 4.40. The van der Waals surface area contributed by atoms with Gasteiger partial charge in [-0.3, -0.25) is 0 Å². The Labute approximate surface area is 117 Å². The van der Waals surface area contributed by atoms with Gasteiger partial charge in [0, 0.05) is 6.61 Å². The van der Waals surface area contributed by atoms with Gasteiger partial charge in [0.05, 0.1) is 23.8 Å². The molecule has 1 atom stereocenters. The molecular weight excluding hydrogens is 256 g/mol. The summed E-state index contributed by atoms with van der Waals surface area (Å²) in [6.45, 7) is 1.74. The van der Waals surface area contributed by atoms with Crippen molar-refractivity contribution < 1.29 is 14.2 Å². The molecule has 2 aromatic rings. The summed E-state index contributed by atoms with van der Waals surface area (Å²) in [5, 5.41) is 0. The molecule has 1 aliphatic heterocycles. The first-order valence-corrected chi connectivity index (χ1v) is 6.99. The van der Waals surface area contributed by atoms with Gasteiger partial charge in [0.1, 0.15) is 6.61 Å². The van der Waals surface area contributed by atoms with E-state index in [1.165, 1.54) is 6.42 Å². The predicted molar refractivity (Wildman–Crippen MR) is 74.6 cm³/mol. The van der Waals surface area contributed by atoms with Gasteiger partial charge < -0.3 is 14.2 Å². The fraction of sp³-hybridized carbons (Fsp3) is 0.467. The summed E-state index contributed by atoms with van der Waals surface area (Å²) in [4.78, 5) is 8.68. The number of hydrogen-bond donors (Lipinski definition) is 0. The Balaban J connectivity index is 1.47. The lowest BCUT2D eigenvalue weighted by molar-refractivity contribution is -0.165. The predicted octanol–water partition coefficient (Wildman–Crippen LogP) is 2.55. The fourth-order valence-electron chi connectivity index (χ4n) is 2.18. The van der Waals surface area contributed by atoms with E-state index in [-0.39, 0.29) is 6.29 Å². The molecule has 5 heteroatoms. The standard InChI is InChI=1S/C15H18N2O3/c1-2-6-13-12(5-1)16-11-14(17-13)18-9-10-20-15-7-3-4-8-19-15/h1-2,5-6,11,15H,3-4,7-10H2. The highest BCUT2D eigenvalue weighted by Crippen LogP contribution is 2.14. The highest BCUT2D eigenvalue weighted by atomic mass is 16.7. The van der Waals surface area contributed by atoms with Gasteiger partial charge in [-0.1, -0.05) is 12.1 Å². The first-order chi connectivity index (χ1) is 9.92. The van der Waals surface area contributed by atoms with Crippen molar-refractivity contribution in [3.05, 3.63) is 30.5 Å². The number of benzene rings is 1. The zero-order chi connectivity index (χ0) is 13.6. The molecule has 0 N–H and O–H groups in total. The van der Waals surface area contributed by atoms with Crippen LogP contribution >= 0.6 is 0 Å². The van der Waals surface area contributed by atoms with E-state index in [0.717, 1.165) is 30.5 Å². The van der Waals surface area contributed by atoms with Gasteiger partial charge in [-0.05, 0) is 31.4 Å². The fourth-order valence-corrected chi connectivity index (χ4v) is 2.18.